The number of fused-ring (bicyclic) bond motifs is 1. The number of amides is 1. The third-order valence-electron chi connectivity index (χ3n) is 5.88. The predicted molar refractivity (Wildman–Crippen MR) is 122 cm³/mol. The second kappa shape index (κ2) is 10.8. The second-order valence-electron chi connectivity index (χ2n) is 8.56. The largest absolute Gasteiger partial charge is 0.379 e. The number of benzene rings is 1. The molecule has 0 aliphatic carbocycles. The van der Waals surface area contributed by atoms with Gasteiger partial charge in [0, 0.05) is 50.4 Å². The number of ether oxygens (including phenoxy) is 1. The highest BCUT2D eigenvalue weighted by Gasteiger charge is 2.28. The van der Waals surface area contributed by atoms with Crippen molar-refractivity contribution in [1.82, 2.24) is 15.5 Å². The smallest absolute Gasteiger partial charge is 0.227 e. The Morgan fingerprint density at radius 1 is 1.17 bits per heavy atom. The standard InChI is InChI=1S/C23H37N5O2/c1-4-24-22(26-18-23(2,3)27-14-16-30-17-15-27)25-12-7-10-21(29)28-13-11-19-8-5-6-9-20(19)28/h5-6,8-9H,4,7,10-18H2,1-3H3,(H2,24,25,26). The number of carbonyl (C=O) groups excluding carboxylic acids is 1. The third-order valence-corrected chi connectivity index (χ3v) is 5.88. The monoisotopic (exact) mass is 415 g/mol. The Labute approximate surface area is 180 Å². The summed E-state index contributed by atoms with van der Waals surface area (Å²) in [5.74, 6) is 1.02. The number of morpholine rings is 1. The van der Waals surface area contributed by atoms with E-state index >= 15 is 0 Å². The van der Waals surface area contributed by atoms with Crippen LogP contribution in [0.3, 0.4) is 0 Å². The van der Waals surface area contributed by atoms with Crippen LogP contribution in [0.1, 0.15) is 39.2 Å². The molecule has 0 aromatic heterocycles. The van der Waals surface area contributed by atoms with Gasteiger partial charge in [0.2, 0.25) is 5.91 Å². The summed E-state index contributed by atoms with van der Waals surface area (Å²) in [4.78, 5) is 21.8. The molecule has 0 radical (unpaired) electrons. The maximum Gasteiger partial charge on any atom is 0.227 e. The Balaban J connectivity index is 1.44. The second-order valence-corrected chi connectivity index (χ2v) is 8.56. The Kier molecular flexibility index (Phi) is 8.10. The molecule has 0 atom stereocenters. The Morgan fingerprint density at radius 3 is 2.70 bits per heavy atom. The summed E-state index contributed by atoms with van der Waals surface area (Å²) in [5, 5.41) is 6.70. The topological polar surface area (TPSA) is 69.2 Å². The van der Waals surface area contributed by atoms with Gasteiger partial charge in [-0.1, -0.05) is 18.2 Å². The number of para-hydroxylation sites is 1. The molecule has 3 rings (SSSR count). The Hall–Kier alpha value is -2.12. The number of anilines is 1. The van der Waals surface area contributed by atoms with Gasteiger partial charge in [0.1, 0.15) is 0 Å². The normalized spacial score (nSPS) is 17.7. The number of nitrogens with zero attached hydrogens (tertiary/aromatic N) is 3. The van der Waals surface area contributed by atoms with Crippen LogP contribution in [0.2, 0.25) is 0 Å². The number of hydrogen-bond acceptors (Lipinski definition) is 4. The van der Waals surface area contributed by atoms with Crippen LogP contribution in [-0.2, 0) is 16.0 Å². The van der Waals surface area contributed by atoms with E-state index in [0.717, 1.165) is 70.4 Å². The molecule has 1 saturated heterocycles. The SMILES string of the molecule is CCNC(=NCC(C)(C)N1CCOCC1)NCCCC(=O)N1CCc2ccccc21. The van der Waals surface area contributed by atoms with E-state index < -0.39 is 0 Å². The fraction of sp³-hybridized carbons (Fsp3) is 0.652. The molecule has 166 valence electrons. The van der Waals surface area contributed by atoms with Gasteiger partial charge in [0.25, 0.3) is 0 Å². The van der Waals surface area contributed by atoms with Crippen LogP contribution in [0.4, 0.5) is 5.69 Å². The van der Waals surface area contributed by atoms with Crippen LogP contribution in [0.25, 0.3) is 0 Å². The van der Waals surface area contributed by atoms with E-state index in [-0.39, 0.29) is 11.4 Å². The number of hydrogen-bond donors (Lipinski definition) is 2. The lowest BCUT2D eigenvalue weighted by molar-refractivity contribution is -0.118. The van der Waals surface area contributed by atoms with E-state index in [2.05, 4.69) is 42.4 Å². The number of nitrogens with one attached hydrogen (secondary N) is 2. The molecule has 1 aromatic carbocycles. The van der Waals surface area contributed by atoms with E-state index in [4.69, 9.17) is 9.73 Å². The Morgan fingerprint density at radius 2 is 1.93 bits per heavy atom. The van der Waals surface area contributed by atoms with Crippen molar-refractivity contribution in [3.8, 4) is 0 Å². The van der Waals surface area contributed by atoms with Crippen molar-refractivity contribution in [2.24, 2.45) is 4.99 Å². The lowest BCUT2D eigenvalue weighted by atomic mass is 10.0. The molecule has 1 amide bonds. The lowest BCUT2D eigenvalue weighted by Crippen LogP contribution is -2.52. The minimum atomic E-state index is -0.00869. The molecule has 0 saturated carbocycles. The molecular weight excluding hydrogens is 378 g/mol. The van der Waals surface area contributed by atoms with Gasteiger partial charge in [-0.3, -0.25) is 14.7 Å². The molecule has 0 unspecified atom stereocenters. The first-order valence-electron chi connectivity index (χ1n) is 11.2. The fourth-order valence-corrected chi connectivity index (χ4v) is 4.06. The highest BCUT2D eigenvalue weighted by molar-refractivity contribution is 5.95. The van der Waals surface area contributed by atoms with Gasteiger partial charge in [-0.05, 0) is 45.2 Å². The van der Waals surface area contributed by atoms with E-state index in [1.807, 2.05) is 23.1 Å². The van der Waals surface area contributed by atoms with Crippen molar-refractivity contribution in [2.45, 2.75) is 45.6 Å². The minimum absolute atomic E-state index is 0.00869. The van der Waals surface area contributed by atoms with Crippen LogP contribution in [0.5, 0.6) is 0 Å². The van der Waals surface area contributed by atoms with Crippen molar-refractivity contribution < 1.29 is 9.53 Å². The molecule has 1 aromatic rings. The van der Waals surface area contributed by atoms with Gasteiger partial charge in [0.05, 0.1) is 19.8 Å². The summed E-state index contributed by atoms with van der Waals surface area (Å²) in [7, 11) is 0. The molecule has 1 fully saturated rings. The van der Waals surface area contributed by atoms with Crippen molar-refractivity contribution in [1.29, 1.82) is 0 Å². The van der Waals surface area contributed by atoms with Gasteiger partial charge >= 0.3 is 0 Å². The highest BCUT2D eigenvalue weighted by atomic mass is 16.5. The van der Waals surface area contributed by atoms with Crippen molar-refractivity contribution in [3.63, 3.8) is 0 Å². The molecule has 2 aliphatic heterocycles. The van der Waals surface area contributed by atoms with Gasteiger partial charge in [0.15, 0.2) is 5.96 Å². The van der Waals surface area contributed by atoms with Gasteiger partial charge in [-0.25, -0.2) is 0 Å². The summed E-state index contributed by atoms with van der Waals surface area (Å²) < 4.78 is 5.47. The number of carbonyl (C=O) groups is 1. The Bertz CT molecular complexity index is 728. The summed E-state index contributed by atoms with van der Waals surface area (Å²) in [6.45, 7) is 13.1. The average Bonchev–Trinajstić information content (AvgIpc) is 3.20. The van der Waals surface area contributed by atoms with E-state index in [0.29, 0.717) is 13.0 Å². The first kappa shape index (κ1) is 22.6. The number of aliphatic imine (C=N–C) groups is 1. The average molecular weight is 416 g/mol. The summed E-state index contributed by atoms with van der Waals surface area (Å²) in [5.41, 5.74) is 2.34. The van der Waals surface area contributed by atoms with Crippen LogP contribution in [0.15, 0.2) is 29.3 Å². The zero-order chi connectivity index (χ0) is 21.4. The van der Waals surface area contributed by atoms with Gasteiger partial charge in [-0.2, -0.15) is 0 Å². The van der Waals surface area contributed by atoms with Gasteiger partial charge < -0.3 is 20.3 Å². The first-order chi connectivity index (χ1) is 14.5. The van der Waals surface area contributed by atoms with Crippen LogP contribution in [0, 0.1) is 0 Å². The van der Waals surface area contributed by atoms with E-state index in [1.54, 1.807) is 0 Å². The molecule has 2 N–H and O–H groups in total. The van der Waals surface area contributed by atoms with Crippen LogP contribution in [-0.4, -0.2) is 74.8 Å². The molecule has 2 aliphatic rings. The number of rotatable bonds is 8. The van der Waals surface area contributed by atoms with Crippen LogP contribution >= 0.6 is 0 Å². The van der Waals surface area contributed by atoms with Crippen molar-refractivity contribution in [3.05, 3.63) is 29.8 Å². The van der Waals surface area contributed by atoms with E-state index in [1.165, 1.54) is 5.56 Å². The first-order valence-corrected chi connectivity index (χ1v) is 11.2. The maximum atomic E-state index is 12.6. The van der Waals surface area contributed by atoms with Gasteiger partial charge in [-0.15, -0.1) is 0 Å². The van der Waals surface area contributed by atoms with Crippen molar-refractivity contribution in [2.75, 3.05) is 57.4 Å². The lowest BCUT2D eigenvalue weighted by Gasteiger charge is -2.39. The zero-order valence-corrected chi connectivity index (χ0v) is 18.7. The highest BCUT2D eigenvalue weighted by Crippen LogP contribution is 2.28. The summed E-state index contributed by atoms with van der Waals surface area (Å²) in [6, 6.07) is 8.20. The molecule has 7 nitrogen and oxygen atoms in total. The number of guanidine groups is 1. The molecule has 0 bridgehead atoms. The van der Waals surface area contributed by atoms with E-state index in [9.17, 15) is 4.79 Å². The third kappa shape index (κ3) is 5.95. The zero-order valence-electron chi connectivity index (χ0n) is 18.7. The molecule has 2 heterocycles. The summed E-state index contributed by atoms with van der Waals surface area (Å²) in [6.07, 6.45) is 2.28. The molecule has 30 heavy (non-hydrogen) atoms. The quantitative estimate of drug-likeness (QED) is 0.386. The molecular formula is C23H37N5O2. The fourth-order valence-electron chi connectivity index (χ4n) is 4.06. The predicted octanol–water partition coefficient (Wildman–Crippen LogP) is 2.02. The summed E-state index contributed by atoms with van der Waals surface area (Å²) >= 11 is 0. The molecule has 0 spiro atoms. The maximum absolute atomic E-state index is 12.6. The molecule has 7 heteroatoms. The minimum Gasteiger partial charge on any atom is -0.379 e. The van der Waals surface area contributed by atoms with Crippen LogP contribution < -0.4 is 15.5 Å². The van der Waals surface area contributed by atoms with Crippen molar-refractivity contribution >= 4 is 17.6 Å².